The number of esters is 2. The van der Waals surface area contributed by atoms with Crippen molar-refractivity contribution >= 4 is 18.0 Å². The fraction of sp³-hybridized carbons (Fsp3) is 0.385. The third-order valence-corrected chi connectivity index (χ3v) is 5.71. The molecular weight excluding hydrogens is 408 g/mol. The summed E-state index contributed by atoms with van der Waals surface area (Å²) in [6.07, 6.45) is 5.39. The van der Waals surface area contributed by atoms with E-state index in [0.717, 1.165) is 24.8 Å². The number of hydrogen-bond donors (Lipinski definition) is 0. The Hall–Kier alpha value is -3.28. The highest BCUT2D eigenvalue weighted by molar-refractivity contribution is 6.18. The van der Waals surface area contributed by atoms with Gasteiger partial charge in [-0.3, -0.25) is 0 Å². The van der Waals surface area contributed by atoms with Crippen LogP contribution in [0.2, 0.25) is 0 Å². The molecule has 2 aliphatic rings. The fourth-order valence-corrected chi connectivity index (χ4v) is 3.98. The first-order chi connectivity index (χ1) is 15.5. The zero-order valence-corrected chi connectivity index (χ0v) is 18.5. The van der Waals surface area contributed by atoms with Crippen LogP contribution in [0.25, 0.3) is 6.08 Å². The zero-order chi connectivity index (χ0) is 22.6. The molecule has 1 aliphatic carbocycles. The van der Waals surface area contributed by atoms with Gasteiger partial charge in [-0.2, -0.15) is 0 Å². The lowest BCUT2D eigenvalue weighted by molar-refractivity contribution is -0.244. The van der Waals surface area contributed by atoms with E-state index >= 15 is 0 Å². The molecule has 1 saturated heterocycles. The molecule has 1 saturated carbocycles. The molecule has 0 amide bonds. The van der Waals surface area contributed by atoms with Crippen molar-refractivity contribution in [3.05, 3.63) is 64.7 Å². The minimum atomic E-state index is -1.09. The van der Waals surface area contributed by atoms with E-state index < -0.39 is 17.7 Å². The van der Waals surface area contributed by atoms with E-state index in [4.69, 9.17) is 18.9 Å². The van der Waals surface area contributed by atoms with Crippen molar-refractivity contribution in [1.29, 1.82) is 0 Å². The molecule has 6 heteroatoms. The summed E-state index contributed by atoms with van der Waals surface area (Å²) < 4.78 is 22.8. The van der Waals surface area contributed by atoms with Crippen molar-refractivity contribution in [1.82, 2.24) is 0 Å². The van der Waals surface area contributed by atoms with Gasteiger partial charge >= 0.3 is 11.9 Å². The largest absolute Gasteiger partial charge is 0.490 e. The van der Waals surface area contributed by atoms with E-state index in [-0.39, 0.29) is 5.57 Å². The van der Waals surface area contributed by atoms with Gasteiger partial charge < -0.3 is 18.9 Å². The van der Waals surface area contributed by atoms with Crippen LogP contribution in [0.5, 0.6) is 11.5 Å². The molecule has 2 aromatic carbocycles. The highest BCUT2D eigenvalue weighted by Crippen LogP contribution is 2.38. The maximum Gasteiger partial charge on any atom is 0.348 e. The van der Waals surface area contributed by atoms with E-state index in [9.17, 15) is 9.59 Å². The maximum atomic E-state index is 12.6. The van der Waals surface area contributed by atoms with Crippen LogP contribution in [0.15, 0.2) is 48.0 Å². The van der Waals surface area contributed by atoms with E-state index in [1.807, 2.05) is 38.1 Å². The number of benzene rings is 2. The molecule has 4 rings (SSSR count). The Balaban J connectivity index is 1.51. The van der Waals surface area contributed by atoms with Gasteiger partial charge in [0, 0.05) is 12.8 Å². The van der Waals surface area contributed by atoms with Crippen LogP contribution in [0, 0.1) is 6.92 Å². The van der Waals surface area contributed by atoms with Gasteiger partial charge in [0.25, 0.3) is 5.79 Å². The molecule has 32 heavy (non-hydrogen) atoms. The first-order valence-corrected chi connectivity index (χ1v) is 11.1. The van der Waals surface area contributed by atoms with Gasteiger partial charge in [-0.1, -0.05) is 42.3 Å². The predicted molar refractivity (Wildman–Crippen MR) is 119 cm³/mol. The summed E-state index contributed by atoms with van der Waals surface area (Å²) in [6, 6.07) is 13.4. The summed E-state index contributed by atoms with van der Waals surface area (Å²) in [7, 11) is 0. The van der Waals surface area contributed by atoms with Gasteiger partial charge in [0.15, 0.2) is 11.5 Å². The molecule has 1 heterocycles. The van der Waals surface area contributed by atoms with Crippen molar-refractivity contribution in [2.75, 3.05) is 6.61 Å². The van der Waals surface area contributed by atoms with Crippen molar-refractivity contribution in [3.8, 4) is 11.5 Å². The van der Waals surface area contributed by atoms with Gasteiger partial charge in [-0.15, -0.1) is 0 Å². The predicted octanol–water partition coefficient (Wildman–Crippen LogP) is 5.12. The van der Waals surface area contributed by atoms with Crippen LogP contribution in [0.1, 0.15) is 55.7 Å². The third-order valence-electron chi connectivity index (χ3n) is 5.71. The molecule has 1 aliphatic heterocycles. The Morgan fingerprint density at radius 1 is 0.906 bits per heavy atom. The molecule has 168 valence electrons. The number of hydrogen-bond acceptors (Lipinski definition) is 6. The Kier molecular flexibility index (Phi) is 6.49. The van der Waals surface area contributed by atoms with Gasteiger partial charge in [-0.05, 0) is 56.0 Å². The number of rotatable bonds is 6. The third kappa shape index (κ3) is 4.96. The second kappa shape index (κ2) is 9.47. The van der Waals surface area contributed by atoms with Crippen molar-refractivity contribution in [2.24, 2.45) is 0 Å². The lowest BCUT2D eigenvalue weighted by Crippen LogP contribution is -2.47. The standard InChI is InChI=1S/C26H28O6/c1-3-29-23-16-20(11-12-22(23)30-17-19-9-7-18(2)8-10-19)15-21-24(27)31-26(32-25(21)28)13-5-4-6-14-26/h7-12,15-16H,3-6,13-14,17H2,1-2H3. The highest BCUT2D eigenvalue weighted by Gasteiger charge is 2.46. The molecule has 0 aromatic heterocycles. The molecule has 2 fully saturated rings. The summed E-state index contributed by atoms with van der Waals surface area (Å²) in [5.74, 6) is -1.24. The van der Waals surface area contributed by atoms with E-state index in [2.05, 4.69) is 0 Å². The van der Waals surface area contributed by atoms with Crippen LogP contribution in [0.3, 0.4) is 0 Å². The van der Waals surface area contributed by atoms with Gasteiger partial charge in [0.1, 0.15) is 12.2 Å². The number of aryl methyl sites for hydroxylation is 1. The van der Waals surface area contributed by atoms with Crippen LogP contribution < -0.4 is 9.47 Å². The SMILES string of the molecule is CCOc1cc(C=C2C(=O)OC3(CCCCC3)OC2=O)ccc1OCc1ccc(C)cc1. The molecule has 0 unspecified atom stereocenters. The number of carbonyl (C=O) groups excluding carboxylic acids is 2. The summed E-state index contributed by atoms with van der Waals surface area (Å²) in [5.41, 5.74) is 2.75. The number of carbonyl (C=O) groups is 2. The minimum absolute atomic E-state index is 0.114. The highest BCUT2D eigenvalue weighted by atomic mass is 16.7. The van der Waals surface area contributed by atoms with Gasteiger partial charge in [0.2, 0.25) is 0 Å². The first-order valence-electron chi connectivity index (χ1n) is 11.1. The molecule has 0 atom stereocenters. The van der Waals surface area contributed by atoms with Crippen molar-refractivity contribution in [2.45, 2.75) is 58.3 Å². The fourth-order valence-electron chi connectivity index (χ4n) is 3.98. The minimum Gasteiger partial charge on any atom is -0.490 e. The summed E-state index contributed by atoms with van der Waals surface area (Å²) >= 11 is 0. The normalized spacial score (nSPS) is 17.5. The van der Waals surface area contributed by atoms with E-state index in [1.165, 1.54) is 11.6 Å². The summed E-state index contributed by atoms with van der Waals surface area (Å²) in [5, 5.41) is 0. The molecule has 2 aromatic rings. The monoisotopic (exact) mass is 436 g/mol. The molecule has 6 nitrogen and oxygen atoms in total. The molecule has 0 radical (unpaired) electrons. The average molecular weight is 437 g/mol. The zero-order valence-electron chi connectivity index (χ0n) is 18.5. The Bertz CT molecular complexity index is 993. The van der Waals surface area contributed by atoms with Crippen LogP contribution in [-0.4, -0.2) is 24.3 Å². The first kappa shape index (κ1) is 21.9. The topological polar surface area (TPSA) is 71.1 Å². The molecule has 0 N–H and O–H groups in total. The quantitative estimate of drug-likeness (QED) is 0.356. The molecular formula is C26H28O6. The molecule has 1 spiro atoms. The smallest absolute Gasteiger partial charge is 0.348 e. The summed E-state index contributed by atoms with van der Waals surface area (Å²) in [4.78, 5) is 25.2. The van der Waals surface area contributed by atoms with Crippen molar-refractivity contribution < 1.29 is 28.5 Å². The summed E-state index contributed by atoms with van der Waals surface area (Å²) in [6.45, 7) is 4.78. The lowest BCUT2D eigenvalue weighted by Gasteiger charge is -2.38. The van der Waals surface area contributed by atoms with Crippen LogP contribution in [-0.2, 0) is 25.7 Å². The van der Waals surface area contributed by atoms with Gasteiger partial charge in [0.05, 0.1) is 6.61 Å². The Labute approximate surface area is 188 Å². The lowest BCUT2D eigenvalue weighted by atomic mass is 9.93. The second-order valence-corrected chi connectivity index (χ2v) is 8.22. The van der Waals surface area contributed by atoms with Crippen LogP contribution in [0.4, 0.5) is 0 Å². The second-order valence-electron chi connectivity index (χ2n) is 8.22. The molecule has 0 bridgehead atoms. The van der Waals surface area contributed by atoms with Gasteiger partial charge in [-0.25, -0.2) is 9.59 Å². The number of ether oxygens (including phenoxy) is 4. The Morgan fingerprint density at radius 2 is 1.59 bits per heavy atom. The van der Waals surface area contributed by atoms with Crippen molar-refractivity contribution in [3.63, 3.8) is 0 Å². The van der Waals surface area contributed by atoms with E-state index in [0.29, 0.717) is 43.1 Å². The average Bonchev–Trinajstić information content (AvgIpc) is 2.77. The Morgan fingerprint density at radius 3 is 2.25 bits per heavy atom. The van der Waals surface area contributed by atoms with E-state index in [1.54, 1.807) is 18.2 Å². The van der Waals surface area contributed by atoms with Crippen LogP contribution >= 0.6 is 0 Å². The maximum absolute atomic E-state index is 12.6.